The van der Waals surface area contributed by atoms with Gasteiger partial charge in [0.25, 0.3) is 0 Å². The van der Waals surface area contributed by atoms with E-state index in [0.717, 1.165) is 35.1 Å². The first-order chi connectivity index (χ1) is 22.6. The number of rotatable bonds is 8. The van der Waals surface area contributed by atoms with Crippen LogP contribution in [0.15, 0.2) is 139 Å². The molecule has 2 atom stereocenters. The van der Waals surface area contributed by atoms with Gasteiger partial charge in [0.1, 0.15) is 11.4 Å². The van der Waals surface area contributed by atoms with Crippen LogP contribution < -0.4 is 0 Å². The molecule has 2 bridgehead atoms. The van der Waals surface area contributed by atoms with E-state index in [1.165, 1.54) is 25.3 Å². The molecule has 0 radical (unpaired) electrons. The van der Waals surface area contributed by atoms with E-state index in [4.69, 9.17) is 4.98 Å². The SMILES string of the molecule is CC.O=C(/C=C/c1c(F)cccc1-c1cn(C(c2ccccc2)(c2ccccc2)c2ccccc2)cn1)C1=CCC2CCC(C1)C2. The summed E-state index contributed by atoms with van der Waals surface area (Å²) < 4.78 is 17.6. The second-order valence-corrected chi connectivity index (χ2v) is 12.1. The number of aromatic nitrogens is 2. The van der Waals surface area contributed by atoms with Crippen LogP contribution in [0.4, 0.5) is 4.39 Å². The Bertz CT molecular complexity index is 1730. The minimum atomic E-state index is -0.723. The third-order valence-corrected chi connectivity index (χ3v) is 9.45. The minimum Gasteiger partial charge on any atom is -0.318 e. The van der Waals surface area contributed by atoms with Crippen molar-refractivity contribution >= 4 is 11.9 Å². The van der Waals surface area contributed by atoms with Gasteiger partial charge in [0, 0.05) is 17.3 Å². The molecule has 7 rings (SSSR count). The van der Waals surface area contributed by atoms with Gasteiger partial charge in [-0.15, -0.1) is 0 Å². The van der Waals surface area contributed by atoms with Crippen LogP contribution in [0.2, 0.25) is 0 Å². The maximum atomic E-state index is 15.4. The molecule has 2 unspecified atom stereocenters. The van der Waals surface area contributed by atoms with Gasteiger partial charge >= 0.3 is 0 Å². The van der Waals surface area contributed by atoms with Crippen molar-refractivity contribution < 1.29 is 9.18 Å². The number of fused-ring (bicyclic) bond motifs is 2. The highest BCUT2D eigenvalue weighted by molar-refractivity contribution is 6.06. The van der Waals surface area contributed by atoms with Crippen LogP contribution in [-0.4, -0.2) is 15.3 Å². The standard InChI is InChI=1S/C40H35FN2O.C2H6/c41-37-18-10-17-36(35(37)23-24-39(44)31-22-21-29-19-20-30(25-29)26-31)38-27-43(28-42-38)40(32-11-4-1-5-12-32,33-13-6-2-7-14-33)34-15-8-3-9-16-34;1-2/h1-18,22-24,27-30H,19-21,25-26H2;1-2H3/b24-23+;. The zero-order valence-corrected chi connectivity index (χ0v) is 26.6. The smallest absolute Gasteiger partial charge is 0.181 e. The largest absolute Gasteiger partial charge is 0.318 e. The highest BCUT2D eigenvalue weighted by Gasteiger charge is 2.38. The summed E-state index contributed by atoms with van der Waals surface area (Å²) in [5, 5.41) is 0. The van der Waals surface area contributed by atoms with Crippen LogP contribution in [0.25, 0.3) is 17.3 Å². The van der Waals surface area contributed by atoms with Crippen LogP contribution in [-0.2, 0) is 10.3 Å². The van der Waals surface area contributed by atoms with E-state index in [9.17, 15) is 4.79 Å². The third kappa shape index (κ3) is 6.04. The summed E-state index contributed by atoms with van der Waals surface area (Å²) in [6.45, 7) is 4.00. The molecular formula is C42H41FN2O. The number of nitrogens with zero attached hydrogens (tertiary/aromatic N) is 2. The third-order valence-electron chi connectivity index (χ3n) is 9.45. The monoisotopic (exact) mass is 608 g/mol. The fourth-order valence-corrected chi connectivity index (χ4v) is 7.31. The number of carbonyl (C=O) groups excluding carboxylic acids is 1. The molecule has 0 spiro atoms. The van der Waals surface area contributed by atoms with Gasteiger partial charge in [-0.2, -0.15) is 0 Å². The lowest BCUT2D eigenvalue weighted by Gasteiger charge is -2.37. The van der Waals surface area contributed by atoms with E-state index in [-0.39, 0.29) is 11.6 Å². The van der Waals surface area contributed by atoms with Crippen molar-refractivity contribution in [3.63, 3.8) is 0 Å². The van der Waals surface area contributed by atoms with Crippen molar-refractivity contribution in [3.05, 3.63) is 168 Å². The first-order valence-corrected chi connectivity index (χ1v) is 16.5. The van der Waals surface area contributed by atoms with Crippen LogP contribution in [0.1, 0.15) is 68.2 Å². The van der Waals surface area contributed by atoms with Gasteiger partial charge in [-0.1, -0.05) is 123 Å². The normalized spacial score (nSPS) is 17.6. The zero-order chi connectivity index (χ0) is 31.9. The molecule has 4 heteroatoms. The Labute approximate surface area is 272 Å². The number of hydrogen-bond donors (Lipinski definition) is 0. The zero-order valence-electron chi connectivity index (χ0n) is 26.6. The van der Waals surface area contributed by atoms with Crippen molar-refractivity contribution in [2.24, 2.45) is 11.8 Å². The lowest BCUT2D eigenvalue weighted by molar-refractivity contribution is -0.111. The van der Waals surface area contributed by atoms with Crippen LogP contribution >= 0.6 is 0 Å². The number of benzene rings is 4. The van der Waals surface area contributed by atoms with Gasteiger partial charge in [-0.3, -0.25) is 4.79 Å². The van der Waals surface area contributed by atoms with Crippen LogP contribution in [0.3, 0.4) is 0 Å². The molecule has 5 aromatic rings. The molecule has 2 aliphatic rings. The fourth-order valence-electron chi connectivity index (χ4n) is 7.31. The number of halogens is 1. The van der Waals surface area contributed by atoms with Crippen LogP contribution in [0, 0.1) is 17.7 Å². The Morgan fingerprint density at radius 2 is 1.39 bits per heavy atom. The molecule has 0 saturated heterocycles. The quantitative estimate of drug-likeness (QED) is 0.130. The molecule has 46 heavy (non-hydrogen) atoms. The highest BCUT2D eigenvalue weighted by atomic mass is 19.1. The number of ketones is 1. The fraction of sp³-hybridized carbons (Fsp3) is 0.238. The van der Waals surface area contributed by atoms with E-state index in [1.807, 2.05) is 50.6 Å². The van der Waals surface area contributed by atoms with Gasteiger partial charge in [0.15, 0.2) is 5.78 Å². The molecule has 0 aliphatic heterocycles. The Morgan fingerprint density at radius 3 is 2.00 bits per heavy atom. The number of allylic oxidation sites excluding steroid dienone is 3. The Kier molecular flexibility index (Phi) is 9.54. The molecule has 1 fully saturated rings. The van der Waals surface area contributed by atoms with E-state index < -0.39 is 5.54 Å². The molecule has 1 heterocycles. The van der Waals surface area contributed by atoms with Gasteiger partial charge in [-0.25, -0.2) is 9.37 Å². The molecule has 232 valence electrons. The predicted octanol–water partition coefficient (Wildman–Crippen LogP) is 10.3. The molecule has 0 N–H and O–H groups in total. The summed E-state index contributed by atoms with van der Waals surface area (Å²) in [7, 11) is 0. The van der Waals surface area contributed by atoms with Crippen molar-refractivity contribution in [1.82, 2.24) is 9.55 Å². The predicted molar refractivity (Wildman–Crippen MR) is 186 cm³/mol. The molecule has 0 amide bonds. The first kappa shape index (κ1) is 31.2. The Balaban J connectivity index is 0.00000182. The van der Waals surface area contributed by atoms with E-state index >= 15 is 4.39 Å². The molecule has 2 aliphatic carbocycles. The molecule has 1 aromatic heterocycles. The van der Waals surface area contributed by atoms with Crippen molar-refractivity contribution in [2.45, 2.75) is 51.5 Å². The summed E-state index contributed by atoms with van der Waals surface area (Å²) in [5.41, 5.74) is 5.03. The topological polar surface area (TPSA) is 34.9 Å². The maximum Gasteiger partial charge on any atom is 0.181 e. The lowest BCUT2D eigenvalue weighted by atomic mass is 9.77. The van der Waals surface area contributed by atoms with Gasteiger partial charge in [0.2, 0.25) is 0 Å². The number of imidazole rings is 1. The number of carbonyl (C=O) groups is 1. The lowest BCUT2D eigenvalue weighted by Crippen LogP contribution is -2.36. The summed E-state index contributed by atoms with van der Waals surface area (Å²) in [4.78, 5) is 18.1. The Hall–Kier alpha value is -4.83. The van der Waals surface area contributed by atoms with Gasteiger partial charge in [-0.05, 0) is 84.4 Å². The summed E-state index contributed by atoms with van der Waals surface area (Å²) in [6, 6.07) is 36.2. The highest BCUT2D eigenvalue weighted by Crippen LogP contribution is 2.42. The van der Waals surface area contributed by atoms with E-state index in [1.54, 1.807) is 18.2 Å². The summed E-state index contributed by atoms with van der Waals surface area (Å²) in [5.74, 6) is 0.902. The molecular weight excluding hydrogens is 567 g/mol. The second kappa shape index (κ2) is 14.1. The average molecular weight is 609 g/mol. The molecule has 1 saturated carbocycles. The Morgan fingerprint density at radius 1 is 0.804 bits per heavy atom. The van der Waals surface area contributed by atoms with Gasteiger partial charge in [0.05, 0.1) is 12.0 Å². The van der Waals surface area contributed by atoms with Crippen molar-refractivity contribution in [3.8, 4) is 11.3 Å². The minimum absolute atomic E-state index is 0.0199. The summed E-state index contributed by atoms with van der Waals surface area (Å²) >= 11 is 0. The van der Waals surface area contributed by atoms with Crippen LogP contribution in [0.5, 0.6) is 0 Å². The second-order valence-electron chi connectivity index (χ2n) is 12.1. The van der Waals surface area contributed by atoms with E-state index in [0.29, 0.717) is 28.7 Å². The van der Waals surface area contributed by atoms with Crippen molar-refractivity contribution in [1.29, 1.82) is 0 Å². The molecule has 4 aromatic carbocycles. The maximum absolute atomic E-state index is 15.4. The average Bonchev–Trinajstić information content (AvgIpc) is 3.73. The summed E-state index contributed by atoms with van der Waals surface area (Å²) in [6.07, 6.45) is 14.6. The van der Waals surface area contributed by atoms with Crippen molar-refractivity contribution in [2.75, 3.05) is 0 Å². The first-order valence-electron chi connectivity index (χ1n) is 16.5. The van der Waals surface area contributed by atoms with Gasteiger partial charge < -0.3 is 4.57 Å². The van der Waals surface area contributed by atoms with E-state index in [2.05, 4.69) is 83.4 Å². The molecule has 3 nitrogen and oxygen atoms in total. The number of hydrogen-bond acceptors (Lipinski definition) is 2.